The molecular weight excluding hydrogens is 260 g/mol. The third-order valence-electron chi connectivity index (χ3n) is 2.72. The zero-order valence-electron chi connectivity index (χ0n) is 8.37. The lowest BCUT2D eigenvalue weighted by Gasteiger charge is -2.21. The highest BCUT2D eigenvalue weighted by Crippen LogP contribution is 2.32. The van der Waals surface area contributed by atoms with Gasteiger partial charge in [0.2, 0.25) is 0 Å². The average Bonchev–Trinajstić information content (AvgIpc) is 2.61. The number of rotatable bonds is 2. The maximum absolute atomic E-state index is 4.43. The number of hydrogen-bond donors (Lipinski definition) is 0. The summed E-state index contributed by atoms with van der Waals surface area (Å²) in [5.74, 6) is 3.34. The molecule has 1 saturated heterocycles. The van der Waals surface area contributed by atoms with E-state index >= 15 is 0 Å². The highest BCUT2D eigenvalue weighted by Gasteiger charge is 2.19. The van der Waals surface area contributed by atoms with E-state index in [1.807, 2.05) is 0 Å². The minimum Gasteiger partial charge on any atom is -0.268 e. The molecule has 4 heteroatoms. The first-order valence-corrected chi connectivity index (χ1v) is 7.07. The van der Waals surface area contributed by atoms with Gasteiger partial charge in [-0.2, -0.15) is 16.9 Å². The predicted molar refractivity (Wildman–Crippen MR) is 64.9 cm³/mol. The average molecular weight is 275 g/mol. The van der Waals surface area contributed by atoms with Crippen molar-refractivity contribution >= 4 is 27.7 Å². The van der Waals surface area contributed by atoms with Gasteiger partial charge in [0.1, 0.15) is 4.60 Å². The van der Waals surface area contributed by atoms with E-state index in [4.69, 9.17) is 0 Å². The molecule has 0 aromatic carbocycles. The van der Waals surface area contributed by atoms with E-state index in [1.54, 1.807) is 0 Å². The van der Waals surface area contributed by atoms with Gasteiger partial charge in [0.25, 0.3) is 0 Å². The Hall–Kier alpha value is 0.0400. The van der Waals surface area contributed by atoms with E-state index in [1.165, 1.54) is 30.0 Å². The van der Waals surface area contributed by atoms with Gasteiger partial charge >= 0.3 is 0 Å². The van der Waals surface area contributed by atoms with Crippen LogP contribution in [0.25, 0.3) is 0 Å². The molecule has 1 fully saturated rings. The number of hydrogen-bond acceptors (Lipinski definition) is 2. The largest absolute Gasteiger partial charge is 0.268 e. The Morgan fingerprint density at radius 3 is 2.93 bits per heavy atom. The summed E-state index contributed by atoms with van der Waals surface area (Å²) in [6.07, 6.45) is 2.62. The molecular formula is C10H15BrN2S. The summed E-state index contributed by atoms with van der Waals surface area (Å²) < 4.78 is 3.11. The number of aryl methyl sites for hydroxylation is 1. The fourth-order valence-electron chi connectivity index (χ4n) is 1.97. The molecule has 1 aliphatic heterocycles. The molecule has 0 amide bonds. The van der Waals surface area contributed by atoms with Crippen LogP contribution in [0.4, 0.5) is 0 Å². The van der Waals surface area contributed by atoms with Crippen LogP contribution in [0, 0.1) is 0 Å². The van der Waals surface area contributed by atoms with Gasteiger partial charge in [0.05, 0.1) is 0 Å². The second-order valence-corrected chi connectivity index (χ2v) is 5.63. The Labute approximate surface area is 97.6 Å². The summed E-state index contributed by atoms with van der Waals surface area (Å²) in [4.78, 5) is 0. The van der Waals surface area contributed by atoms with Crippen LogP contribution < -0.4 is 0 Å². The normalized spacial score (nSPS) is 18.7. The monoisotopic (exact) mass is 274 g/mol. The second kappa shape index (κ2) is 4.71. The fourth-order valence-corrected chi connectivity index (χ4v) is 3.51. The minimum atomic E-state index is 0.731. The van der Waals surface area contributed by atoms with Gasteiger partial charge in [0, 0.05) is 18.2 Å². The van der Waals surface area contributed by atoms with Crippen LogP contribution in [0.3, 0.4) is 0 Å². The molecule has 2 nitrogen and oxygen atoms in total. The Morgan fingerprint density at radius 2 is 2.29 bits per heavy atom. The smallest absolute Gasteiger partial charge is 0.128 e. The third-order valence-corrected chi connectivity index (χ3v) is 4.16. The van der Waals surface area contributed by atoms with Gasteiger partial charge in [-0.05, 0) is 53.3 Å². The van der Waals surface area contributed by atoms with Gasteiger partial charge in [-0.3, -0.25) is 4.68 Å². The van der Waals surface area contributed by atoms with Crippen molar-refractivity contribution in [3.8, 4) is 0 Å². The number of aromatic nitrogens is 2. The fraction of sp³-hybridized carbons (Fsp3) is 0.700. The molecule has 14 heavy (non-hydrogen) atoms. The van der Waals surface area contributed by atoms with Crippen molar-refractivity contribution < 1.29 is 0 Å². The molecule has 0 spiro atoms. The zero-order chi connectivity index (χ0) is 9.97. The van der Waals surface area contributed by atoms with Crippen molar-refractivity contribution in [2.75, 3.05) is 11.5 Å². The maximum atomic E-state index is 4.43. The Morgan fingerprint density at radius 1 is 1.57 bits per heavy atom. The SMILES string of the molecule is CCn1nc(Br)cc1C1CCSCC1. The molecule has 1 aliphatic rings. The standard InChI is InChI=1S/C10H15BrN2S/c1-2-13-9(7-10(11)12-13)8-3-5-14-6-4-8/h7-8H,2-6H2,1H3. The lowest BCUT2D eigenvalue weighted by molar-refractivity contribution is 0.537. The molecule has 2 rings (SSSR count). The Kier molecular flexibility index (Phi) is 3.55. The molecule has 2 heterocycles. The molecule has 0 radical (unpaired) electrons. The lowest BCUT2D eigenvalue weighted by Crippen LogP contribution is -2.13. The molecule has 1 aromatic heterocycles. The second-order valence-electron chi connectivity index (χ2n) is 3.59. The summed E-state index contributed by atoms with van der Waals surface area (Å²) in [6.45, 7) is 3.13. The molecule has 0 aliphatic carbocycles. The number of halogens is 1. The van der Waals surface area contributed by atoms with E-state index in [9.17, 15) is 0 Å². The molecule has 0 N–H and O–H groups in total. The first-order valence-electron chi connectivity index (χ1n) is 5.12. The van der Waals surface area contributed by atoms with Crippen LogP contribution in [-0.4, -0.2) is 21.3 Å². The summed E-state index contributed by atoms with van der Waals surface area (Å²) in [7, 11) is 0. The van der Waals surface area contributed by atoms with Crippen molar-refractivity contribution in [2.45, 2.75) is 32.2 Å². The molecule has 1 aromatic rings. The van der Waals surface area contributed by atoms with Crippen LogP contribution in [0.5, 0.6) is 0 Å². The molecule has 78 valence electrons. The number of thioether (sulfide) groups is 1. The van der Waals surface area contributed by atoms with Crippen molar-refractivity contribution in [2.24, 2.45) is 0 Å². The van der Waals surface area contributed by atoms with Crippen molar-refractivity contribution in [3.05, 3.63) is 16.4 Å². The molecule has 0 saturated carbocycles. The first kappa shape index (κ1) is 10.6. The van der Waals surface area contributed by atoms with Gasteiger partial charge in [-0.25, -0.2) is 0 Å². The van der Waals surface area contributed by atoms with Crippen LogP contribution in [-0.2, 0) is 6.54 Å². The topological polar surface area (TPSA) is 17.8 Å². The summed E-state index contributed by atoms with van der Waals surface area (Å²) in [6, 6.07) is 2.18. The Balaban J connectivity index is 2.20. The van der Waals surface area contributed by atoms with Crippen LogP contribution in [0.15, 0.2) is 10.7 Å². The van der Waals surface area contributed by atoms with Gasteiger partial charge in [-0.15, -0.1) is 0 Å². The van der Waals surface area contributed by atoms with Gasteiger partial charge < -0.3 is 0 Å². The lowest BCUT2D eigenvalue weighted by atomic mass is 9.99. The van der Waals surface area contributed by atoms with Crippen molar-refractivity contribution in [1.29, 1.82) is 0 Å². The molecule has 0 bridgehead atoms. The number of nitrogens with zero attached hydrogens (tertiary/aromatic N) is 2. The highest BCUT2D eigenvalue weighted by atomic mass is 79.9. The van der Waals surface area contributed by atoms with Crippen LogP contribution in [0.1, 0.15) is 31.4 Å². The highest BCUT2D eigenvalue weighted by molar-refractivity contribution is 9.10. The van der Waals surface area contributed by atoms with Crippen LogP contribution in [0.2, 0.25) is 0 Å². The molecule has 0 unspecified atom stereocenters. The zero-order valence-corrected chi connectivity index (χ0v) is 10.8. The Bertz CT molecular complexity index is 305. The first-order chi connectivity index (χ1) is 6.81. The van der Waals surface area contributed by atoms with E-state index < -0.39 is 0 Å². The predicted octanol–water partition coefficient (Wildman–Crippen LogP) is 3.28. The quantitative estimate of drug-likeness (QED) is 0.824. The summed E-state index contributed by atoms with van der Waals surface area (Å²) in [5.41, 5.74) is 1.42. The van der Waals surface area contributed by atoms with Crippen molar-refractivity contribution in [1.82, 2.24) is 9.78 Å². The maximum Gasteiger partial charge on any atom is 0.128 e. The van der Waals surface area contributed by atoms with E-state index in [0.717, 1.165) is 17.1 Å². The van der Waals surface area contributed by atoms with Gasteiger partial charge in [-0.1, -0.05) is 0 Å². The van der Waals surface area contributed by atoms with E-state index in [-0.39, 0.29) is 0 Å². The molecule has 0 atom stereocenters. The summed E-state index contributed by atoms with van der Waals surface area (Å²) in [5, 5.41) is 4.43. The van der Waals surface area contributed by atoms with E-state index in [2.05, 4.69) is 50.5 Å². The third kappa shape index (κ3) is 2.16. The summed E-state index contributed by atoms with van der Waals surface area (Å²) >= 11 is 5.53. The van der Waals surface area contributed by atoms with Crippen LogP contribution >= 0.6 is 27.7 Å². The van der Waals surface area contributed by atoms with E-state index in [0.29, 0.717) is 0 Å². The van der Waals surface area contributed by atoms with Gasteiger partial charge in [0.15, 0.2) is 0 Å². The van der Waals surface area contributed by atoms with Crippen molar-refractivity contribution in [3.63, 3.8) is 0 Å². The minimum absolute atomic E-state index is 0.731.